The van der Waals surface area contributed by atoms with Crippen molar-refractivity contribution in [3.8, 4) is 0 Å². The van der Waals surface area contributed by atoms with Crippen LogP contribution in [0.25, 0.3) is 0 Å². The molecule has 0 radical (unpaired) electrons. The van der Waals surface area contributed by atoms with Gasteiger partial charge >= 0.3 is 5.97 Å². The van der Waals surface area contributed by atoms with Crippen LogP contribution in [0.15, 0.2) is 22.7 Å². The van der Waals surface area contributed by atoms with Crippen LogP contribution >= 0.6 is 15.9 Å². The molecule has 1 N–H and O–H groups in total. The summed E-state index contributed by atoms with van der Waals surface area (Å²) in [6, 6.07) is 6.22. The highest BCUT2D eigenvalue weighted by molar-refractivity contribution is 9.10. The SMILES string of the molecule is O=C(O)C1(N2CCCC2)CCc2cc(Br)ccc2C1. The van der Waals surface area contributed by atoms with Crippen molar-refractivity contribution in [3.63, 3.8) is 0 Å². The van der Waals surface area contributed by atoms with Gasteiger partial charge < -0.3 is 5.11 Å². The Morgan fingerprint density at radius 3 is 2.68 bits per heavy atom. The van der Waals surface area contributed by atoms with Gasteiger partial charge in [-0.25, -0.2) is 0 Å². The molecule has 2 aliphatic rings. The molecule has 1 aromatic rings. The minimum absolute atomic E-state index is 0.644. The van der Waals surface area contributed by atoms with E-state index in [-0.39, 0.29) is 0 Å². The maximum atomic E-state index is 11.9. The van der Waals surface area contributed by atoms with E-state index in [9.17, 15) is 9.90 Å². The van der Waals surface area contributed by atoms with E-state index in [1.54, 1.807) is 0 Å². The number of likely N-dealkylation sites (tertiary alicyclic amines) is 1. The second-order valence-electron chi connectivity index (χ2n) is 5.62. The largest absolute Gasteiger partial charge is 0.480 e. The van der Waals surface area contributed by atoms with E-state index >= 15 is 0 Å². The Morgan fingerprint density at radius 1 is 1.26 bits per heavy atom. The average molecular weight is 324 g/mol. The smallest absolute Gasteiger partial charge is 0.324 e. The van der Waals surface area contributed by atoms with E-state index in [1.807, 2.05) is 6.07 Å². The molecule has 1 atom stereocenters. The number of benzene rings is 1. The highest BCUT2D eigenvalue weighted by Gasteiger charge is 2.47. The molecular formula is C15H18BrNO2. The number of rotatable bonds is 2. The third kappa shape index (κ3) is 2.21. The molecule has 0 aromatic heterocycles. The third-order valence-corrected chi connectivity index (χ3v) is 5.06. The topological polar surface area (TPSA) is 40.5 Å². The van der Waals surface area contributed by atoms with Crippen molar-refractivity contribution < 1.29 is 9.90 Å². The van der Waals surface area contributed by atoms with Crippen molar-refractivity contribution in [3.05, 3.63) is 33.8 Å². The number of carboxylic acids is 1. The summed E-state index contributed by atoms with van der Waals surface area (Å²) >= 11 is 3.49. The van der Waals surface area contributed by atoms with E-state index in [0.29, 0.717) is 6.42 Å². The van der Waals surface area contributed by atoms with E-state index in [2.05, 4.69) is 33.0 Å². The van der Waals surface area contributed by atoms with Crippen LogP contribution in [0, 0.1) is 0 Å². The van der Waals surface area contributed by atoms with E-state index in [0.717, 1.165) is 43.2 Å². The van der Waals surface area contributed by atoms with Crippen molar-refractivity contribution in [2.75, 3.05) is 13.1 Å². The number of carbonyl (C=O) groups is 1. The van der Waals surface area contributed by atoms with Gasteiger partial charge in [-0.3, -0.25) is 9.69 Å². The van der Waals surface area contributed by atoms with Gasteiger partial charge in [0.1, 0.15) is 5.54 Å². The Morgan fingerprint density at radius 2 is 2.00 bits per heavy atom. The summed E-state index contributed by atoms with van der Waals surface area (Å²) in [4.78, 5) is 14.1. The Bertz CT molecular complexity index is 511. The monoisotopic (exact) mass is 323 g/mol. The van der Waals surface area contributed by atoms with Gasteiger partial charge in [0.2, 0.25) is 0 Å². The van der Waals surface area contributed by atoms with E-state index in [4.69, 9.17) is 0 Å². The molecule has 1 aliphatic carbocycles. The third-order valence-electron chi connectivity index (χ3n) is 4.57. The number of hydrogen-bond acceptors (Lipinski definition) is 2. The molecule has 4 heteroatoms. The van der Waals surface area contributed by atoms with Crippen LogP contribution in [-0.4, -0.2) is 34.6 Å². The first-order valence-corrected chi connectivity index (χ1v) is 7.67. The molecule has 3 rings (SSSR count). The minimum Gasteiger partial charge on any atom is -0.480 e. The van der Waals surface area contributed by atoms with Crippen LogP contribution in [0.2, 0.25) is 0 Å². The molecule has 0 spiro atoms. The van der Waals surface area contributed by atoms with Crippen LogP contribution < -0.4 is 0 Å². The Labute approximate surface area is 121 Å². The van der Waals surface area contributed by atoms with Crippen molar-refractivity contribution >= 4 is 21.9 Å². The lowest BCUT2D eigenvalue weighted by Gasteiger charge is -2.41. The molecule has 1 heterocycles. The molecule has 0 amide bonds. The van der Waals surface area contributed by atoms with Gasteiger partial charge in [0, 0.05) is 10.9 Å². The number of aliphatic carboxylic acids is 1. The standard InChI is InChI=1S/C15H18BrNO2/c16-13-4-3-12-10-15(14(18)19,6-5-11(12)9-13)17-7-1-2-8-17/h3-4,9H,1-2,5-8,10H2,(H,18,19). The predicted molar refractivity (Wildman–Crippen MR) is 77.3 cm³/mol. The zero-order chi connectivity index (χ0) is 13.5. The van der Waals surface area contributed by atoms with E-state index in [1.165, 1.54) is 11.1 Å². The number of nitrogens with zero attached hydrogens (tertiary/aromatic N) is 1. The second kappa shape index (κ2) is 4.91. The molecule has 1 unspecified atom stereocenters. The lowest BCUT2D eigenvalue weighted by Crippen LogP contribution is -2.56. The van der Waals surface area contributed by atoms with Gasteiger partial charge in [-0.15, -0.1) is 0 Å². The number of carboxylic acid groups (broad SMARTS) is 1. The Balaban J connectivity index is 1.96. The molecule has 1 saturated heterocycles. The van der Waals surface area contributed by atoms with Crippen LogP contribution in [0.3, 0.4) is 0 Å². The second-order valence-corrected chi connectivity index (χ2v) is 6.54. The minimum atomic E-state index is -0.669. The van der Waals surface area contributed by atoms with Crippen LogP contribution in [0.1, 0.15) is 30.4 Å². The fraction of sp³-hybridized carbons (Fsp3) is 0.533. The number of halogens is 1. The molecule has 102 valence electrons. The fourth-order valence-corrected chi connectivity index (χ4v) is 3.89. The van der Waals surface area contributed by atoms with Crippen LogP contribution in [0.4, 0.5) is 0 Å². The predicted octanol–water partition coefficient (Wildman–Crippen LogP) is 2.86. The first kappa shape index (κ1) is 13.1. The average Bonchev–Trinajstić information content (AvgIpc) is 2.92. The number of fused-ring (bicyclic) bond motifs is 1. The molecule has 1 aromatic carbocycles. The summed E-state index contributed by atoms with van der Waals surface area (Å²) in [5.41, 5.74) is 1.83. The van der Waals surface area contributed by atoms with Gasteiger partial charge in [-0.2, -0.15) is 0 Å². The maximum Gasteiger partial charge on any atom is 0.324 e. The zero-order valence-electron chi connectivity index (χ0n) is 10.9. The molecule has 0 saturated carbocycles. The Kier molecular flexibility index (Phi) is 3.39. The summed E-state index contributed by atoms with van der Waals surface area (Å²) in [6.45, 7) is 1.86. The summed E-state index contributed by atoms with van der Waals surface area (Å²) in [6.07, 6.45) is 4.48. The zero-order valence-corrected chi connectivity index (χ0v) is 12.4. The Hall–Kier alpha value is -0.870. The lowest BCUT2D eigenvalue weighted by atomic mass is 9.77. The first-order chi connectivity index (χ1) is 9.12. The first-order valence-electron chi connectivity index (χ1n) is 6.88. The molecule has 1 fully saturated rings. The summed E-state index contributed by atoms with van der Waals surface area (Å²) < 4.78 is 1.08. The highest BCUT2D eigenvalue weighted by Crippen LogP contribution is 2.36. The lowest BCUT2D eigenvalue weighted by molar-refractivity contribution is -0.152. The van der Waals surface area contributed by atoms with Gasteiger partial charge in [-0.05, 0) is 62.0 Å². The highest BCUT2D eigenvalue weighted by atomic mass is 79.9. The van der Waals surface area contributed by atoms with Crippen molar-refractivity contribution in [1.29, 1.82) is 0 Å². The number of aryl methyl sites for hydroxylation is 1. The molecular weight excluding hydrogens is 306 g/mol. The maximum absolute atomic E-state index is 11.9. The van der Waals surface area contributed by atoms with Crippen molar-refractivity contribution in [2.24, 2.45) is 0 Å². The normalized spacial score (nSPS) is 27.2. The van der Waals surface area contributed by atoms with Gasteiger partial charge in [-0.1, -0.05) is 22.0 Å². The van der Waals surface area contributed by atoms with Gasteiger partial charge in [0.05, 0.1) is 0 Å². The molecule has 0 bridgehead atoms. The molecule has 19 heavy (non-hydrogen) atoms. The number of hydrogen-bond donors (Lipinski definition) is 1. The summed E-state index contributed by atoms with van der Waals surface area (Å²) in [5.74, 6) is -0.650. The van der Waals surface area contributed by atoms with Gasteiger partial charge in [0.15, 0.2) is 0 Å². The quantitative estimate of drug-likeness (QED) is 0.909. The fourth-order valence-electron chi connectivity index (χ4n) is 3.48. The molecule has 3 nitrogen and oxygen atoms in total. The molecule has 1 aliphatic heterocycles. The summed E-state index contributed by atoms with van der Waals surface area (Å²) in [5, 5.41) is 9.78. The van der Waals surface area contributed by atoms with Gasteiger partial charge in [0.25, 0.3) is 0 Å². The summed E-state index contributed by atoms with van der Waals surface area (Å²) in [7, 11) is 0. The van der Waals surface area contributed by atoms with Crippen LogP contribution in [0.5, 0.6) is 0 Å². The van der Waals surface area contributed by atoms with Crippen molar-refractivity contribution in [1.82, 2.24) is 4.90 Å². The van der Waals surface area contributed by atoms with E-state index < -0.39 is 11.5 Å². The van der Waals surface area contributed by atoms with Crippen molar-refractivity contribution in [2.45, 2.75) is 37.6 Å². The van der Waals surface area contributed by atoms with Crippen LogP contribution in [-0.2, 0) is 17.6 Å².